The quantitative estimate of drug-likeness (QED) is 0.0899. The molecule has 0 heterocycles. The van der Waals surface area contributed by atoms with Crippen molar-refractivity contribution >= 4 is 28.0 Å². The maximum Gasteiger partial charge on any atom is 0.330 e. The molecule has 13 nitrogen and oxygen atoms in total. The van der Waals surface area contributed by atoms with Crippen LogP contribution in [0, 0.1) is 6.92 Å². The van der Waals surface area contributed by atoms with E-state index in [-0.39, 0.29) is 59.3 Å². The number of carboxylic acids is 1. The third-order valence-corrected chi connectivity index (χ3v) is 4.59. The molecule has 0 bridgehead atoms. The average Bonchev–Trinajstić information content (AvgIpc) is 2.94. The molecule has 2 aromatic rings. The van der Waals surface area contributed by atoms with Crippen molar-refractivity contribution in [2.75, 3.05) is 13.2 Å². The van der Waals surface area contributed by atoms with Crippen molar-refractivity contribution in [3.63, 3.8) is 0 Å². The fraction of sp³-hybridized carbons (Fsp3) is 0.344. The zero-order valence-electron chi connectivity index (χ0n) is 23.5. The van der Waals surface area contributed by atoms with E-state index in [9.17, 15) is 22.8 Å². The standard InChI is InChI=1S/C9H12O4.C7H8O3S.C6H6O2.C3H8O2.C3H4O2.4CH4/c1-4-8(10)12-6-7(3)13-9(11)5-2;1-6-2-4-7(5-3-6)11(8,9)10;7-5-1-2-6(8)4-3-5;1-3(5)2-4;1-2-3(4)5;;;;/h4-5,7H,1-2,6H2,3H3;2-5H,1H3,(H,8,9,10);1-4,7-8H;3-5H,2H2,1H3;2H,1H2,(H,4,5);4*1H4. The van der Waals surface area contributed by atoms with E-state index in [0.29, 0.717) is 0 Å². The smallest absolute Gasteiger partial charge is 0.330 e. The molecule has 46 heavy (non-hydrogen) atoms. The van der Waals surface area contributed by atoms with Gasteiger partial charge in [-0.3, -0.25) is 4.55 Å². The van der Waals surface area contributed by atoms with Crippen molar-refractivity contribution in [2.24, 2.45) is 0 Å². The lowest BCUT2D eigenvalue weighted by Gasteiger charge is -2.10. The molecule has 0 aliphatic heterocycles. The van der Waals surface area contributed by atoms with E-state index in [2.05, 4.69) is 24.5 Å². The van der Waals surface area contributed by atoms with Crippen LogP contribution in [0.5, 0.6) is 11.5 Å². The van der Waals surface area contributed by atoms with E-state index in [0.717, 1.165) is 23.8 Å². The zero-order valence-corrected chi connectivity index (χ0v) is 24.3. The van der Waals surface area contributed by atoms with Crippen LogP contribution >= 0.6 is 0 Å². The first kappa shape index (κ1) is 57.2. The summed E-state index contributed by atoms with van der Waals surface area (Å²) in [4.78, 5) is 30.4. The van der Waals surface area contributed by atoms with Crippen molar-refractivity contribution in [3.8, 4) is 11.5 Å². The second-order valence-electron chi connectivity index (χ2n) is 7.66. The molecule has 6 N–H and O–H groups in total. The number of carboxylic acid groups (broad SMARTS) is 1. The van der Waals surface area contributed by atoms with Crippen LogP contribution in [0.25, 0.3) is 0 Å². The van der Waals surface area contributed by atoms with E-state index >= 15 is 0 Å². The number of carbonyl (C=O) groups excluding carboxylic acids is 2. The van der Waals surface area contributed by atoms with Crippen LogP contribution in [0.15, 0.2) is 91.4 Å². The Balaban J connectivity index is -0.0000000845. The molecule has 266 valence electrons. The van der Waals surface area contributed by atoms with Gasteiger partial charge in [-0.15, -0.1) is 0 Å². The maximum absolute atomic E-state index is 10.6. The second-order valence-corrected chi connectivity index (χ2v) is 9.09. The minimum Gasteiger partial charge on any atom is -0.508 e. The molecule has 2 rings (SSSR count). The third-order valence-electron chi connectivity index (χ3n) is 3.72. The van der Waals surface area contributed by atoms with Crippen LogP contribution in [-0.4, -0.2) is 81.8 Å². The molecule has 0 aliphatic rings. The molecule has 2 aromatic carbocycles. The summed E-state index contributed by atoms with van der Waals surface area (Å²) in [6.07, 6.45) is 1.89. The fourth-order valence-corrected chi connectivity index (χ4v) is 2.18. The SMILES string of the molecule is C.C.C.C.C=CC(=O)O.C=CC(=O)OCC(C)OC(=O)C=C.CC(O)CO.Cc1ccc(S(=O)(=O)O)cc1.Oc1ccc(O)cc1. The first-order valence-electron chi connectivity index (χ1n) is 11.7. The van der Waals surface area contributed by atoms with Gasteiger partial charge in [0.15, 0.2) is 0 Å². The number of rotatable bonds is 8. The number of phenols is 2. The summed E-state index contributed by atoms with van der Waals surface area (Å²) in [6, 6.07) is 11.7. The number of aliphatic carboxylic acids is 1. The first-order chi connectivity index (χ1) is 19.4. The highest BCUT2D eigenvalue weighted by Gasteiger charge is 2.08. The molecular formula is C32H54O13S. The van der Waals surface area contributed by atoms with Gasteiger partial charge in [0.2, 0.25) is 0 Å². The van der Waals surface area contributed by atoms with Crippen molar-refractivity contribution in [1.29, 1.82) is 0 Å². The zero-order chi connectivity index (χ0) is 33.3. The Bertz CT molecular complexity index is 1170. The lowest BCUT2D eigenvalue weighted by molar-refractivity contribution is -0.151. The lowest BCUT2D eigenvalue weighted by atomic mass is 10.2. The summed E-state index contributed by atoms with van der Waals surface area (Å²) < 4.78 is 38.9. The number of aromatic hydroxyl groups is 2. The minimum absolute atomic E-state index is 0. The Morgan fingerprint density at radius 1 is 0.804 bits per heavy atom. The second kappa shape index (κ2) is 33.4. The van der Waals surface area contributed by atoms with Gasteiger partial charge in [0, 0.05) is 18.2 Å². The number of ether oxygens (including phenoxy) is 2. The number of carbonyl (C=O) groups is 3. The minimum atomic E-state index is -4.02. The van der Waals surface area contributed by atoms with Crippen molar-refractivity contribution in [1.82, 2.24) is 0 Å². The van der Waals surface area contributed by atoms with Crippen LogP contribution in [0.3, 0.4) is 0 Å². The molecule has 0 saturated carbocycles. The number of hydrogen-bond donors (Lipinski definition) is 6. The van der Waals surface area contributed by atoms with Crippen molar-refractivity contribution < 1.29 is 62.4 Å². The molecule has 0 aromatic heterocycles. The predicted octanol–water partition coefficient (Wildman–Crippen LogP) is 5.33. The van der Waals surface area contributed by atoms with Crippen LogP contribution in [0.1, 0.15) is 49.1 Å². The molecule has 0 radical (unpaired) electrons. The molecule has 0 aliphatic carbocycles. The van der Waals surface area contributed by atoms with E-state index in [1.54, 1.807) is 19.1 Å². The van der Waals surface area contributed by atoms with Gasteiger partial charge in [0.05, 0.1) is 17.6 Å². The van der Waals surface area contributed by atoms with Crippen LogP contribution in [-0.2, 0) is 34.0 Å². The Morgan fingerprint density at radius 2 is 1.15 bits per heavy atom. The van der Waals surface area contributed by atoms with Gasteiger partial charge in [0.1, 0.15) is 24.2 Å². The van der Waals surface area contributed by atoms with E-state index in [1.165, 1.54) is 43.3 Å². The van der Waals surface area contributed by atoms with Gasteiger partial charge < -0.3 is 35.0 Å². The number of aliphatic hydroxyl groups excluding tert-OH is 2. The fourth-order valence-electron chi connectivity index (χ4n) is 1.70. The monoisotopic (exact) mass is 678 g/mol. The van der Waals surface area contributed by atoms with Gasteiger partial charge in [-0.05, 0) is 57.2 Å². The van der Waals surface area contributed by atoms with E-state index < -0.39 is 40.2 Å². The summed E-state index contributed by atoms with van der Waals surface area (Å²) in [5.74, 6) is -1.72. The summed E-state index contributed by atoms with van der Waals surface area (Å²) in [6.45, 7) is 14.3. The number of hydrogen-bond acceptors (Lipinski definition) is 11. The van der Waals surface area contributed by atoms with Gasteiger partial charge in [-0.25, -0.2) is 14.4 Å². The third kappa shape index (κ3) is 39.5. The predicted molar refractivity (Wildman–Crippen MR) is 181 cm³/mol. The largest absolute Gasteiger partial charge is 0.508 e. The summed E-state index contributed by atoms with van der Waals surface area (Å²) in [7, 11) is -4.02. The number of benzene rings is 2. The normalized spacial score (nSPS) is 9.78. The van der Waals surface area contributed by atoms with Crippen LogP contribution in [0.2, 0.25) is 0 Å². The lowest BCUT2D eigenvalue weighted by Crippen LogP contribution is -2.20. The Labute approximate surface area is 274 Å². The number of aliphatic hydroxyl groups is 2. The summed E-state index contributed by atoms with van der Waals surface area (Å²) in [5, 5.41) is 40.9. The highest BCUT2D eigenvalue weighted by atomic mass is 32.2. The molecule has 14 heteroatoms. The summed E-state index contributed by atoms with van der Waals surface area (Å²) >= 11 is 0. The molecule has 2 unspecified atom stereocenters. The van der Waals surface area contributed by atoms with E-state index in [1.807, 2.05) is 6.92 Å². The molecule has 0 amide bonds. The molecular weight excluding hydrogens is 624 g/mol. The molecule has 0 saturated heterocycles. The maximum atomic E-state index is 10.6. The van der Waals surface area contributed by atoms with Crippen molar-refractivity contribution in [3.05, 3.63) is 92.1 Å². The van der Waals surface area contributed by atoms with Gasteiger partial charge >= 0.3 is 17.9 Å². The van der Waals surface area contributed by atoms with Crippen LogP contribution in [0.4, 0.5) is 0 Å². The van der Waals surface area contributed by atoms with E-state index in [4.69, 9.17) is 34.8 Å². The summed E-state index contributed by atoms with van der Waals surface area (Å²) in [5.41, 5.74) is 0.956. The number of aryl methyl sites for hydroxylation is 1. The van der Waals surface area contributed by atoms with Gasteiger partial charge in [-0.1, -0.05) is 67.1 Å². The Hall–Kier alpha value is -4.50. The molecule has 0 spiro atoms. The number of phenolic OH excluding ortho intramolecular Hbond substituents is 2. The average molecular weight is 679 g/mol. The van der Waals surface area contributed by atoms with Gasteiger partial charge in [0.25, 0.3) is 10.1 Å². The topological polar surface area (TPSA) is 225 Å². The van der Waals surface area contributed by atoms with Gasteiger partial charge in [-0.2, -0.15) is 8.42 Å². The Kier molecular flexibility index (Phi) is 41.5. The highest BCUT2D eigenvalue weighted by molar-refractivity contribution is 7.85. The van der Waals surface area contributed by atoms with Crippen molar-refractivity contribution in [2.45, 2.75) is 67.6 Å². The molecule has 0 fully saturated rings. The highest BCUT2D eigenvalue weighted by Crippen LogP contribution is 2.13. The number of esters is 2. The Morgan fingerprint density at radius 3 is 1.41 bits per heavy atom. The first-order valence-corrected chi connectivity index (χ1v) is 13.2. The van der Waals surface area contributed by atoms with Crippen LogP contribution < -0.4 is 0 Å². The molecule has 2 atom stereocenters.